The number of thioether (sulfide) groups is 1. The Bertz CT molecular complexity index is 642. The number of carbonyl (C=O) groups is 1. The van der Waals surface area contributed by atoms with Crippen molar-refractivity contribution >= 4 is 45.0 Å². The maximum absolute atomic E-state index is 12.8. The van der Waals surface area contributed by atoms with Gasteiger partial charge in [-0.15, -0.1) is 11.8 Å². The number of aliphatic imine (C=N–C) groups is 1. The number of allylic oxidation sites excluding steroid dienone is 2. The number of carbonyl (C=O) groups excluding carboxylic acids is 1. The fraction of sp³-hybridized carbons (Fsp3) is 0.154. The van der Waals surface area contributed by atoms with Crippen LogP contribution in [0.4, 0.5) is 10.2 Å². The third-order valence-corrected chi connectivity index (χ3v) is 4.36. The molecule has 7 heteroatoms. The van der Waals surface area contributed by atoms with E-state index in [-0.39, 0.29) is 17.2 Å². The zero-order chi connectivity index (χ0) is 14.1. The summed E-state index contributed by atoms with van der Waals surface area (Å²) in [5.74, 6) is -0.402. The van der Waals surface area contributed by atoms with Crippen LogP contribution in [0.2, 0.25) is 0 Å². The molecule has 3 rings (SSSR count). The third-order valence-electron chi connectivity index (χ3n) is 2.92. The second kappa shape index (κ2) is 5.49. The molecule has 0 spiro atoms. The summed E-state index contributed by atoms with van der Waals surface area (Å²) in [7, 11) is 0. The number of fused-ring (bicyclic) bond motifs is 1. The third kappa shape index (κ3) is 2.69. The van der Waals surface area contributed by atoms with E-state index in [1.165, 1.54) is 12.1 Å². The van der Waals surface area contributed by atoms with Crippen molar-refractivity contribution in [3.8, 4) is 0 Å². The summed E-state index contributed by atoms with van der Waals surface area (Å²) in [5, 5.41) is 2.79. The summed E-state index contributed by atoms with van der Waals surface area (Å²) in [6.07, 6.45) is 4.84. The smallest absolute Gasteiger partial charge is 0.255 e. The first-order valence-electron chi connectivity index (χ1n) is 5.82. The molecule has 0 fully saturated rings. The highest BCUT2D eigenvalue weighted by Gasteiger charge is 2.33. The van der Waals surface area contributed by atoms with Crippen molar-refractivity contribution < 1.29 is 9.18 Å². The van der Waals surface area contributed by atoms with Gasteiger partial charge in [-0.1, -0.05) is 22.0 Å². The molecule has 1 aromatic rings. The predicted molar refractivity (Wildman–Crippen MR) is 81.6 cm³/mol. The number of rotatable bonds is 2. The molecule has 0 radical (unpaired) electrons. The molecule has 2 heterocycles. The molecule has 2 unspecified atom stereocenters. The van der Waals surface area contributed by atoms with Crippen LogP contribution < -0.4 is 5.32 Å². The molecule has 20 heavy (non-hydrogen) atoms. The minimum absolute atomic E-state index is 0.135. The van der Waals surface area contributed by atoms with Crippen molar-refractivity contribution in [1.29, 1.82) is 0 Å². The summed E-state index contributed by atoms with van der Waals surface area (Å²) in [5.41, 5.74) is 2.33. The average molecular weight is 354 g/mol. The van der Waals surface area contributed by atoms with Gasteiger partial charge in [0.25, 0.3) is 5.91 Å². The molecule has 0 aromatic carbocycles. The van der Waals surface area contributed by atoms with E-state index < -0.39 is 5.82 Å². The number of aromatic nitrogens is 1. The van der Waals surface area contributed by atoms with Crippen molar-refractivity contribution in [2.75, 3.05) is 5.32 Å². The van der Waals surface area contributed by atoms with Crippen LogP contribution in [0.15, 0.2) is 45.5 Å². The van der Waals surface area contributed by atoms with E-state index in [4.69, 9.17) is 0 Å². The average Bonchev–Trinajstić information content (AvgIpc) is 2.88. The Hall–Kier alpha value is -1.47. The van der Waals surface area contributed by atoms with E-state index in [0.717, 1.165) is 10.7 Å². The SMILES string of the molecule is O=C(Nc1ccc(F)cn1)C1=CC(Br)=CC2SC=NC12. The molecule has 1 N–H and O–H groups in total. The molecule has 1 aliphatic heterocycles. The number of anilines is 1. The van der Waals surface area contributed by atoms with E-state index in [9.17, 15) is 9.18 Å². The van der Waals surface area contributed by atoms with E-state index in [0.29, 0.717) is 11.4 Å². The lowest BCUT2D eigenvalue weighted by molar-refractivity contribution is -0.113. The van der Waals surface area contributed by atoms with Crippen molar-refractivity contribution in [3.63, 3.8) is 0 Å². The van der Waals surface area contributed by atoms with Crippen LogP contribution in [0, 0.1) is 5.82 Å². The summed E-state index contributed by atoms with van der Waals surface area (Å²) in [6.45, 7) is 0. The first-order chi connectivity index (χ1) is 9.63. The molecule has 2 atom stereocenters. The van der Waals surface area contributed by atoms with Crippen LogP contribution in [0.5, 0.6) is 0 Å². The Morgan fingerprint density at radius 3 is 3.05 bits per heavy atom. The molecule has 102 valence electrons. The van der Waals surface area contributed by atoms with E-state index in [1.807, 2.05) is 6.08 Å². The monoisotopic (exact) mass is 353 g/mol. The van der Waals surface area contributed by atoms with Gasteiger partial charge in [0.2, 0.25) is 0 Å². The first-order valence-corrected chi connectivity index (χ1v) is 7.56. The normalized spacial score (nSPS) is 23.9. The number of hydrogen-bond donors (Lipinski definition) is 1. The van der Waals surface area contributed by atoms with Crippen LogP contribution in [0.1, 0.15) is 0 Å². The quantitative estimate of drug-likeness (QED) is 0.889. The standard InChI is InChI=1S/C13H9BrFN3OS/c14-7-3-9(12-10(4-7)20-6-17-12)13(19)18-11-2-1-8(15)5-16-11/h1-6,10,12H,(H,16,18,19). The number of hydrogen-bond acceptors (Lipinski definition) is 4. The molecule has 1 aromatic heterocycles. The molecule has 2 aliphatic rings. The highest BCUT2D eigenvalue weighted by Crippen LogP contribution is 2.35. The molecule has 1 aliphatic carbocycles. The number of halogens is 2. The second-order valence-electron chi connectivity index (χ2n) is 4.27. The lowest BCUT2D eigenvalue weighted by Crippen LogP contribution is -2.29. The van der Waals surface area contributed by atoms with Gasteiger partial charge in [0, 0.05) is 10.1 Å². The molecular formula is C13H9BrFN3OS. The Balaban J connectivity index is 1.81. The molecule has 0 bridgehead atoms. The van der Waals surface area contributed by atoms with Crippen LogP contribution in [0.25, 0.3) is 0 Å². The van der Waals surface area contributed by atoms with Crippen molar-refractivity contribution in [3.05, 3.63) is 46.4 Å². The van der Waals surface area contributed by atoms with Gasteiger partial charge in [-0.25, -0.2) is 9.37 Å². The Morgan fingerprint density at radius 1 is 1.45 bits per heavy atom. The molecule has 4 nitrogen and oxygen atoms in total. The lowest BCUT2D eigenvalue weighted by atomic mass is 9.98. The topological polar surface area (TPSA) is 54.4 Å². The summed E-state index contributed by atoms with van der Waals surface area (Å²) in [6, 6.07) is 2.49. The lowest BCUT2D eigenvalue weighted by Gasteiger charge is -2.21. The predicted octanol–water partition coefficient (Wildman–Crippen LogP) is 2.89. The van der Waals surface area contributed by atoms with Gasteiger partial charge >= 0.3 is 0 Å². The Labute approximate surface area is 127 Å². The summed E-state index contributed by atoms with van der Waals surface area (Å²) < 4.78 is 13.6. The molecular weight excluding hydrogens is 345 g/mol. The van der Waals surface area contributed by atoms with Gasteiger partial charge in [-0.3, -0.25) is 9.79 Å². The van der Waals surface area contributed by atoms with Gasteiger partial charge in [0.1, 0.15) is 11.6 Å². The largest absolute Gasteiger partial charge is 0.307 e. The van der Waals surface area contributed by atoms with Crippen LogP contribution in [0.3, 0.4) is 0 Å². The van der Waals surface area contributed by atoms with Crippen molar-refractivity contribution in [1.82, 2.24) is 4.98 Å². The summed E-state index contributed by atoms with van der Waals surface area (Å²) >= 11 is 4.97. The fourth-order valence-electron chi connectivity index (χ4n) is 2.00. The minimum atomic E-state index is -0.442. The molecule has 0 saturated heterocycles. The van der Waals surface area contributed by atoms with Gasteiger partial charge in [0.05, 0.1) is 23.0 Å². The second-order valence-corrected chi connectivity index (χ2v) is 6.21. The van der Waals surface area contributed by atoms with Crippen LogP contribution in [-0.2, 0) is 4.79 Å². The van der Waals surface area contributed by atoms with Crippen molar-refractivity contribution in [2.24, 2.45) is 4.99 Å². The van der Waals surface area contributed by atoms with Crippen LogP contribution >= 0.6 is 27.7 Å². The maximum Gasteiger partial charge on any atom is 0.255 e. The Kier molecular flexibility index (Phi) is 3.71. The minimum Gasteiger partial charge on any atom is -0.307 e. The maximum atomic E-state index is 12.8. The highest BCUT2D eigenvalue weighted by molar-refractivity contribution is 9.11. The van der Waals surface area contributed by atoms with E-state index in [2.05, 4.69) is 31.2 Å². The highest BCUT2D eigenvalue weighted by atomic mass is 79.9. The van der Waals surface area contributed by atoms with Gasteiger partial charge < -0.3 is 5.32 Å². The molecule has 1 amide bonds. The first kappa shape index (κ1) is 13.5. The number of nitrogens with one attached hydrogen (secondary N) is 1. The zero-order valence-electron chi connectivity index (χ0n) is 10.1. The van der Waals surface area contributed by atoms with Crippen LogP contribution in [-0.4, -0.2) is 27.7 Å². The van der Waals surface area contributed by atoms with E-state index in [1.54, 1.807) is 23.4 Å². The fourth-order valence-corrected chi connectivity index (χ4v) is 3.63. The number of pyridine rings is 1. The zero-order valence-corrected chi connectivity index (χ0v) is 12.5. The van der Waals surface area contributed by atoms with Gasteiger partial charge in [0.15, 0.2) is 0 Å². The molecule has 0 saturated carbocycles. The van der Waals surface area contributed by atoms with E-state index >= 15 is 0 Å². The van der Waals surface area contributed by atoms with Crippen molar-refractivity contribution in [2.45, 2.75) is 11.3 Å². The van der Waals surface area contributed by atoms with Gasteiger partial charge in [-0.05, 0) is 18.2 Å². The van der Waals surface area contributed by atoms with Gasteiger partial charge in [-0.2, -0.15) is 0 Å². The number of nitrogens with zero attached hydrogens (tertiary/aromatic N) is 2. The number of amides is 1. The Morgan fingerprint density at radius 2 is 2.30 bits per heavy atom. The summed E-state index contributed by atoms with van der Waals surface area (Å²) in [4.78, 5) is 20.4.